The highest BCUT2D eigenvalue weighted by Gasteiger charge is 2.33. The first-order valence-electron chi connectivity index (χ1n) is 4.19. The van der Waals surface area contributed by atoms with Gasteiger partial charge in [0.15, 0.2) is 0 Å². The van der Waals surface area contributed by atoms with E-state index in [0.717, 1.165) is 0 Å². The van der Waals surface area contributed by atoms with Gasteiger partial charge >= 0.3 is 5.97 Å². The molecule has 0 bridgehead atoms. The Balaban J connectivity index is 2.46. The van der Waals surface area contributed by atoms with Gasteiger partial charge in [0.25, 0.3) is 0 Å². The summed E-state index contributed by atoms with van der Waals surface area (Å²) in [6.45, 7) is 2.58. The molecule has 0 aromatic carbocycles. The number of carboxylic acids is 1. The van der Waals surface area contributed by atoms with Gasteiger partial charge in [-0.25, -0.2) is 4.39 Å². The second-order valence-electron chi connectivity index (χ2n) is 3.38. The molecule has 1 saturated heterocycles. The Bertz CT molecular complexity index is 172. The molecule has 0 radical (unpaired) electrons. The molecule has 2 N–H and O–H groups in total. The molecule has 0 aromatic heterocycles. The summed E-state index contributed by atoms with van der Waals surface area (Å²) in [4.78, 5) is 10.6. The summed E-state index contributed by atoms with van der Waals surface area (Å²) in [5.74, 6) is -1.25. The van der Waals surface area contributed by atoms with Crippen LogP contribution in [-0.4, -0.2) is 30.3 Å². The average molecular weight is 175 g/mol. The van der Waals surface area contributed by atoms with Crippen LogP contribution in [0.25, 0.3) is 0 Å². The maximum Gasteiger partial charge on any atom is 0.308 e. The van der Waals surface area contributed by atoms with Gasteiger partial charge in [-0.2, -0.15) is 0 Å². The number of carbonyl (C=O) groups is 1. The molecule has 0 saturated carbocycles. The predicted molar refractivity (Wildman–Crippen MR) is 42.7 cm³/mol. The van der Waals surface area contributed by atoms with Crippen LogP contribution in [0.3, 0.4) is 0 Å². The third kappa shape index (κ3) is 2.17. The van der Waals surface area contributed by atoms with E-state index in [1.54, 1.807) is 0 Å². The SMILES string of the molecule is CC(F)CC1CNCC1C(=O)O. The van der Waals surface area contributed by atoms with E-state index in [4.69, 9.17) is 5.11 Å². The van der Waals surface area contributed by atoms with Crippen LogP contribution in [0.5, 0.6) is 0 Å². The van der Waals surface area contributed by atoms with Gasteiger partial charge in [-0.3, -0.25) is 4.79 Å². The Morgan fingerprint density at radius 3 is 2.92 bits per heavy atom. The van der Waals surface area contributed by atoms with Crippen molar-refractivity contribution >= 4 is 5.97 Å². The molecule has 0 aromatic rings. The van der Waals surface area contributed by atoms with E-state index in [-0.39, 0.29) is 5.92 Å². The van der Waals surface area contributed by atoms with Gasteiger partial charge in [0.05, 0.1) is 12.1 Å². The number of carboxylic acid groups (broad SMARTS) is 1. The van der Waals surface area contributed by atoms with Crippen molar-refractivity contribution in [3.05, 3.63) is 0 Å². The molecular formula is C8H14FNO2. The number of hydrogen-bond acceptors (Lipinski definition) is 2. The highest BCUT2D eigenvalue weighted by molar-refractivity contribution is 5.71. The summed E-state index contributed by atoms with van der Waals surface area (Å²) in [6, 6.07) is 0. The van der Waals surface area contributed by atoms with E-state index in [1.165, 1.54) is 6.92 Å². The van der Waals surface area contributed by atoms with Crippen LogP contribution in [0.15, 0.2) is 0 Å². The molecule has 0 aliphatic carbocycles. The Labute approximate surface area is 71.0 Å². The Hall–Kier alpha value is -0.640. The van der Waals surface area contributed by atoms with Crippen LogP contribution in [0.4, 0.5) is 4.39 Å². The molecule has 1 aliphatic rings. The molecule has 70 valence electrons. The van der Waals surface area contributed by atoms with Crippen molar-refractivity contribution in [1.82, 2.24) is 5.32 Å². The minimum Gasteiger partial charge on any atom is -0.481 e. The number of alkyl halides is 1. The van der Waals surface area contributed by atoms with E-state index >= 15 is 0 Å². The maximum atomic E-state index is 12.6. The van der Waals surface area contributed by atoms with Crippen molar-refractivity contribution in [2.45, 2.75) is 19.5 Å². The highest BCUT2D eigenvalue weighted by Crippen LogP contribution is 2.22. The third-order valence-electron chi connectivity index (χ3n) is 2.28. The molecule has 3 nitrogen and oxygen atoms in total. The lowest BCUT2D eigenvalue weighted by Gasteiger charge is -2.14. The fourth-order valence-electron chi connectivity index (χ4n) is 1.69. The summed E-state index contributed by atoms with van der Waals surface area (Å²) in [7, 11) is 0. The molecule has 1 rings (SSSR count). The first-order chi connectivity index (χ1) is 5.61. The lowest BCUT2D eigenvalue weighted by molar-refractivity contribution is -0.142. The summed E-state index contributed by atoms with van der Waals surface area (Å²) in [5, 5.41) is 11.7. The largest absolute Gasteiger partial charge is 0.481 e. The molecule has 12 heavy (non-hydrogen) atoms. The zero-order valence-corrected chi connectivity index (χ0v) is 7.09. The van der Waals surface area contributed by atoms with Crippen molar-refractivity contribution in [1.29, 1.82) is 0 Å². The molecule has 3 unspecified atom stereocenters. The fraction of sp³-hybridized carbons (Fsp3) is 0.875. The van der Waals surface area contributed by atoms with Gasteiger partial charge in [0.1, 0.15) is 0 Å². The molecule has 0 spiro atoms. The molecule has 1 fully saturated rings. The van der Waals surface area contributed by atoms with Crippen LogP contribution in [0.2, 0.25) is 0 Å². The van der Waals surface area contributed by atoms with Crippen LogP contribution in [-0.2, 0) is 4.79 Å². The summed E-state index contributed by atoms with van der Waals surface area (Å²) >= 11 is 0. The summed E-state index contributed by atoms with van der Waals surface area (Å²) in [5.41, 5.74) is 0. The topological polar surface area (TPSA) is 49.3 Å². The number of aliphatic carboxylic acids is 1. The van der Waals surface area contributed by atoms with Gasteiger partial charge in [-0.15, -0.1) is 0 Å². The van der Waals surface area contributed by atoms with Crippen molar-refractivity contribution in [3.63, 3.8) is 0 Å². The quantitative estimate of drug-likeness (QED) is 0.662. The van der Waals surface area contributed by atoms with E-state index < -0.39 is 18.1 Å². The number of hydrogen-bond donors (Lipinski definition) is 2. The van der Waals surface area contributed by atoms with Crippen molar-refractivity contribution < 1.29 is 14.3 Å². The molecule has 1 heterocycles. The van der Waals surface area contributed by atoms with Gasteiger partial charge < -0.3 is 10.4 Å². The van der Waals surface area contributed by atoms with Gasteiger partial charge in [0, 0.05) is 6.54 Å². The van der Waals surface area contributed by atoms with E-state index in [1.807, 2.05) is 0 Å². The van der Waals surface area contributed by atoms with Gasteiger partial charge in [-0.05, 0) is 25.8 Å². The highest BCUT2D eigenvalue weighted by atomic mass is 19.1. The molecular weight excluding hydrogens is 161 g/mol. The molecule has 3 atom stereocenters. The van der Waals surface area contributed by atoms with Crippen molar-refractivity contribution in [2.75, 3.05) is 13.1 Å². The second-order valence-corrected chi connectivity index (χ2v) is 3.38. The smallest absolute Gasteiger partial charge is 0.308 e. The lowest BCUT2D eigenvalue weighted by atomic mass is 9.91. The second kappa shape index (κ2) is 3.85. The number of nitrogens with one attached hydrogen (secondary N) is 1. The minimum atomic E-state index is -0.906. The van der Waals surface area contributed by atoms with Crippen molar-refractivity contribution in [3.8, 4) is 0 Å². The summed E-state index contributed by atoms with van der Waals surface area (Å²) < 4.78 is 12.6. The molecule has 4 heteroatoms. The zero-order chi connectivity index (χ0) is 9.14. The van der Waals surface area contributed by atoms with E-state index in [9.17, 15) is 9.18 Å². The Kier molecular flexibility index (Phi) is 3.03. The monoisotopic (exact) mass is 175 g/mol. The van der Waals surface area contributed by atoms with E-state index in [2.05, 4.69) is 5.32 Å². The molecule has 1 aliphatic heterocycles. The number of rotatable bonds is 3. The predicted octanol–water partition coefficient (Wildman–Crippen LogP) is 0.655. The Morgan fingerprint density at radius 1 is 1.75 bits per heavy atom. The average Bonchev–Trinajstić information content (AvgIpc) is 2.33. The van der Waals surface area contributed by atoms with E-state index in [0.29, 0.717) is 19.5 Å². The zero-order valence-electron chi connectivity index (χ0n) is 7.09. The minimum absolute atomic E-state index is 0.0394. The third-order valence-corrected chi connectivity index (χ3v) is 2.28. The van der Waals surface area contributed by atoms with Crippen LogP contribution in [0, 0.1) is 11.8 Å². The van der Waals surface area contributed by atoms with Gasteiger partial charge in [-0.1, -0.05) is 0 Å². The van der Waals surface area contributed by atoms with Crippen LogP contribution >= 0.6 is 0 Å². The first kappa shape index (κ1) is 9.45. The van der Waals surface area contributed by atoms with Gasteiger partial charge in [0.2, 0.25) is 0 Å². The number of halogens is 1. The molecule has 0 amide bonds. The normalized spacial score (nSPS) is 31.8. The Morgan fingerprint density at radius 2 is 2.42 bits per heavy atom. The van der Waals surface area contributed by atoms with Crippen LogP contribution < -0.4 is 5.32 Å². The standard InChI is InChI=1S/C8H14FNO2/c1-5(9)2-6-3-10-4-7(6)8(11)12/h5-7,10H,2-4H2,1H3,(H,11,12). The fourth-order valence-corrected chi connectivity index (χ4v) is 1.69. The lowest BCUT2D eigenvalue weighted by Crippen LogP contribution is -2.23. The summed E-state index contributed by atoms with van der Waals surface area (Å²) in [6.07, 6.45) is -0.555. The maximum absolute atomic E-state index is 12.6. The van der Waals surface area contributed by atoms with Crippen molar-refractivity contribution in [2.24, 2.45) is 11.8 Å². The first-order valence-corrected chi connectivity index (χ1v) is 4.19. The van der Waals surface area contributed by atoms with Crippen LogP contribution in [0.1, 0.15) is 13.3 Å².